The minimum atomic E-state index is 0.0419. The molecule has 1 atom stereocenters. The molecule has 1 nitrogen and oxygen atoms in total. The van der Waals surface area contributed by atoms with Gasteiger partial charge < -0.3 is 5.73 Å². The van der Waals surface area contributed by atoms with Crippen LogP contribution in [0.1, 0.15) is 6.92 Å². The molecular formula is C12H15N. The Bertz CT molecular complexity index is 290. The van der Waals surface area contributed by atoms with Gasteiger partial charge in [0.2, 0.25) is 0 Å². The molecule has 0 aromatic carbocycles. The van der Waals surface area contributed by atoms with Gasteiger partial charge in [-0.25, -0.2) is 0 Å². The predicted molar refractivity (Wildman–Crippen MR) is 58.3 cm³/mol. The van der Waals surface area contributed by atoms with Crippen LogP contribution < -0.4 is 5.73 Å². The van der Waals surface area contributed by atoms with E-state index in [1.165, 1.54) is 0 Å². The maximum absolute atomic E-state index is 5.84. The van der Waals surface area contributed by atoms with Crippen LogP contribution in [0.4, 0.5) is 0 Å². The summed E-state index contributed by atoms with van der Waals surface area (Å²) in [6.07, 6.45) is 18.0. The third kappa shape index (κ3) is 3.26. The highest BCUT2D eigenvalue weighted by Gasteiger charge is 2.02. The molecule has 0 radical (unpaired) electrons. The SMILES string of the molecule is C\C=C/C=C\C=C1/C=CC=CC1N. The first kappa shape index (κ1) is 9.75. The van der Waals surface area contributed by atoms with Gasteiger partial charge in [0.25, 0.3) is 0 Å². The monoisotopic (exact) mass is 173 g/mol. The Kier molecular flexibility index (Phi) is 4.00. The first-order chi connectivity index (χ1) is 6.34. The van der Waals surface area contributed by atoms with E-state index in [9.17, 15) is 0 Å². The van der Waals surface area contributed by atoms with Gasteiger partial charge in [-0.1, -0.05) is 54.7 Å². The Labute approximate surface area is 79.6 Å². The van der Waals surface area contributed by atoms with Crippen LogP contribution in [0, 0.1) is 0 Å². The number of nitrogens with two attached hydrogens (primary N) is 1. The van der Waals surface area contributed by atoms with E-state index in [2.05, 4.69) is 0 Å². The van der Waals surface area contributed by atoms with Crippen molar-refractivity contribution in [3.8, 4) is 0 Å². The second-order valence-corrected chi connectivity index (χ2v) is 2.85. The van der Waals surface area contributed by atoms with Crippen LogP contribution in [0.15, 0.2) is 60.3 Å². The van der Waals surface area contributed by atoms with Gasteiger partial charge in [0.15, 0.2) is 0 Å². The van der Waals surface area contributed by atoms with Gasteiger partial charge in [-0.15, -0.1) is 0 Å². The quantitative estimate of drug-likeness (QED) is 0.638. The second-order valence-electron chi connectivity index (χ2n) is 2.85. The van der Waals surface area contributed by atoms with Crippen molar-refractivity contribution in [2.24, 2.45) is 5.73 Å². The third-order valence-electron chi connectivity index (χ3n) is 1.81. The standard InChI is InChI=1S/C12H15N/c1-2-3-4-5-8-11-9-6-7-10-12(11)13/h2-10,12H,13H2,1H3/b3-2-,5-4-,11-8+. The molecule has 1 rings (SSSR count). The molecule has 1 unspecified atom stereocenters. The van der Waals surface area contributed by atoms with Crippen LogP contribution in [0.5, 0.6) is 0 Å². The zero-order valence-electron chi connectivity index (χ0n) is 7.85. The fraction of sp³-hybridized carbons (Fsp3) is 0.167. The Morgan fingerprint density at radius 1 is 1.23 bits per heavy atom. The van der Waals surface area contributed by atoms with E-state index < -0.39 is 0 Å². The average molecular weight is 173 g/mol. The minimum absolute atomic E-state index is 0.0419. The van der Waals surface area contributed by atoms with Crippen molar-refractivity contribution in [2.75, 3.05) is 0 Å². The number of hydrogen-bond donors (Lipinski definition) is 1. The van der Waals surface area contributed by atoms with Crippen molar-refractivity contribution < 1.29 is 0 Å². The summed E-state index contributed by atoms with van der Waals surface area (Å²) in [7, 11) is 0. The van der Waals surface area contributed by atoms with Crippen LogP contribution in [0.2, 0.25) is 0 Å². The van der Waals surface area contributed by atoms with Crippen molar-refractivity contribution in [2.45, 2.75) is 13.0 Å². The first-order valence-corrected chi connectivity index (χ1v) is 4.44. The summed E-state index contributed by atoms with van der Waals surface area (Å²) >= 11 is 0. The molecule has 0 saturated carbocycles. The lowest BCUT2D eigenvalue weighted by Crippen LogP contribution is -2.19. The minimum Gasteiger partial charge on any atom is -0.321 e. The lowest BCUT2D eigenvalue weighted by molar-refractivity contribution is 0.971. The van der Waals surface area contributed by atoms with E-state index in [4.69, 9.17) is 5.73 Å². The van der Waals surface area contributed by atoms with Crippen LogP contribution in [0.3, 0.4) is 0 Å². The summed E-state index contributed by atoms with van der Waals surface area (Å²) in [5, 5.41) is 0. The fourth-order valence-electron chi connectivity index (χ4n) is 1.08. The van der Waals surface area contributed by atoms with Gasteiger partial charge in [0.05, 0.1) is 0 Å². The maximum atomic E-state index is 5.84. The molecule has 0 bridgehead atoms. The predicted octanol–water partition coefficient (Wildman–Crippen LogP) is 2.50. The van der Waals surface area contributed by atoms with Gasteiger partial charge in [-0.2, -0.15) is 0 Å². The topological polar surface area (TPSA) is 26.0 Å². The summed E-state index contributed by atoms with van der Waals surface area (Å²) in [6, 6.07) is 0.0419. The van der Waals surface area contributed by atoms with Gasteiger partial charge in [0.1, 0.15) is 0 Å². The van der Waals surface area contributed by atoms with E-state index in [1.807, 2.05) is 61.6 Å². The molecule has 0 saturated heterocycles. The third-order valence-corrected chi connectivity index (χ3v) is 1.81. The highest BCUT2D eigenvalue weighted by Crippen LogP contribution is 2.08. The van der Waals surface area contributed by atoms with Gasteiger partial charge in [-0.05, 0) is 12.5 Å². The first-order valence-electron chi connectivity index (χ1n) is 4.44. The molecule has 0 fully saturated rings. The highest BCUT2D eigenvalue weighted by molar-refractivity contribution is 5.38. The zero-order valence-corrected chi connectivity index (χ0v) is 7.85. The second kappa shape index (κ2) is 5.33. The Hall–Kier alpha value is -1.34. The summed E-state index contributed by atoms with van der Waals surface area (Å²) in [5.41, 5.74) is 6.98. The van der Waals surface area contributed by atoms with Crippen LogP contribution >= 0.6 is 0 Å². The van der Waals surface area contributed by atoms with E-state index >= 15 is 0 Å². The largest absolute Gasteiger partial charge is 0.321 e. The normalized spacial score (nSPS) is 25.4. The number of hydrogen-bond acceptors (Lipinski definition) is 1. The van der Waals surface area contributed by atoms with Gasteiger partial charge in [-0.3, -0.25) is 0 Å². The Morgan fingerprint density at radius 2 is 2.08 bits per heavy atom. The van der Waals surface area contributed by atoms with E-state index in [0.717, 1.165) is 5.57 Å². The maximum Gasteiger partial charge on any atom is 0.0484 e. The van der Waals surface area contributed by atoms with E-state index in [-0.39, 0.29) is 6.04 Å². The highest BCUT2D eigenvalue weighted by atomic mass is 14.6. The van der Waals surface area contributed by atoms with Crippen LogP contribution in [-0.2, 0) is 0 Å². The van der Waals surface area contributed by atoms with E-state index in [0.29, 0.717) is 0 Å². The molecule has 1 aliphatic rings. The molecule has 1 heteroatoms. The van der Waals surface area contributed by atoms with Crippen molar-refractivity contribution in [3.63, 3.8) is 0 Å². The number of allylic oxidation sites excluding steroid dienone is 7. The molecule has 2 N–H and O–H groups in total. The lowest BCUT2D eigenvalue weighted by atomic mass is 10.0. The zero-order chi connectivity index (χ0) is 9.52. The molecule has 0 aromatic heterocycles. The number of rotatable bonds is 2. The van der Waals surface area contributed by atoms with Crippen molar-refractivity contribution in [1.29, 1.82) is 0 Å². The van der Waals surface area contributed by atoms with E-state index in [1.54, 1.807) is 0 Å². The van der Waals surface area contributed by atoms with Gasteiger partial charge in [0, 0.05) is 6.04 Å². The Balaban J connectivity index is 2.61. The summed E-state index contributed by atoms with van der Waals surface area (Å²) in [4.78, 5) is 0. The van der Waals surface area contributed by atoms with Crippen LogP contribution in [-0.4, -0.2) is 6.04 Å². The molecule has 0 spiro atoms. The van der Waals surface area contributed by atoms with Crippen LogP contribution in [0.25, 0.3) is 0 Å². The fourth-order valence-corrected chi connectivity index (χ4v) is 1.08. The molecule has 68 valence electrons. The molecule has 0 heterocycles. The molecule has 0 aromatic rings. The summed E-state index contributed by atoms with van der Waals surface area (Å²) in [6.45, 7) is 1.99. The van der Waals surface area contributed by atoms with Crippen molar-refractivity contribution in [3.05, 3.63) is 60.3 Å². The Morgan fingerprint density at radius 3 is 2.77 bits per heavy atom. The van der Waals surface area contributed by atoms with Crippen molar-refractivity contribution in [1.82, 2.24) is 0 Å². The smallest absolute Gasteiger partial charge is 0.0484 e. The summed E-state index contributed by atoms with van der Waals surface area (Å²) in [5.74, 6) is 0. The molecule has 13 heavy (non-hydrogen) atoms. The summed E-state index contributed by atoms with van der Waals surface area (Å²) < 4.78 is 0. The molecule has 0 aliphatic heterocycles. The van der Waals surface area contributed by atoms with Crippen molar-refractivity contribution >= 4 is 0 Å². The molecule has 0 amide bonds. The molecule has 1 aliphatic carbocycles. The molecular weight excluding hydrogens is 158 g/mol. The van der Waals surface area contributed by atoms with Gasteiger partial charge >= 0.3 is 0 Å². The average Bonchev–Trinajstić information content (AvgIpc) is 2.15. The lowest BCUT2D eigenvalue weighted by Gasteiger charge is -2.09.